The largest absolute Gasteiger partial charge is 0.339 e. The fourth-order valence-electron chi connectivity index (χ4n) is 3.01. The Labute approximate surface area is 143 Å². The molecule has 2 rings (SSSR count). The van der Waals surface area contributed by atoms with Crippen LogP contribution < -0.4 is 5.32 Å². The van der Waals surface area contributed by atoms with Crippen LogP contribution in [0.15, 0.2) is 24.3 Å². The van der Waals surface area contributed by atoms with Crippen molar-refractivity contribution in [1.82, 2.24) is 4.90 Å². The van der Waals surface area contributed by atoms with Gasteiger partial charge in [0.15, 0.2) is 0 Å². The van der Waals surface area contributed by atoms with Gasteiger partial charge in [0.05, 0.1) is 0 Å². The Kier molecular flexibility index (Phi) is 6.51. The zero-order valence-electron chi connectivity index (χ0n) is 14.2. The van der Waals surface area contributed by atoms with Crippen LogP contribution in [0.25, 0.3) is 0 Å². The fraction of sp³-hybridized carbons (Fsp3) is 0.556. The van der Waals surface area contributed by atoms with Gasteiger partial charge in [0, 0.05) is 36.0 Å². The smallest absolute Gasteiger partial charge is 0.253 e. The van der Waals surface area contributed by atoms with Crippen molar-refractivity contribution in [2.24, 2.45) is 0 Å². The first-order valence-corrected chi connectivity index (χ1v) is 9.38. The maximum absolute atomic E-state index is 12.7. The molecule has 1 saturated carbocycles. The molecule has 2 atom stereocenters. The van der Waals surface area contributed by atoms with E-state index in [1.165, 1.54) is 6.42 Å². The Morgan fingerprint density at radius 3 is 2.78 bits per heavy atom. The number of hydrogen-bond acceptors (Lipinski definition) is 3. The summed E-state index contributed by atoms with van der Waals surface area (Å²) in [6.45, 7) is 3.99. The van der Waals surface area contributed by atoms with Gasteiger partial charge in [0.1, 0.15) is 0 Å². The Balaban J connectivity index is 2.02. The molecule has 1 aromatic rings. The van der Waals surface area contributed by atoms with Crippen molar-refractivity contribution in [3.63, 3.8) is 0 Å². The van der Waals surface area contributed by atoms with Gasteiger partial charge in [-0.2, -0.15) is 11.8 Å². The number of carbonyl (C=O) groups excluding carboxylic acids is 2. The highest BCUT2D eigenvalue weighted by atomic mass is 32.2. The lowest BCUT2D eigenvalue weighted by molar-refractivity contribution is -0.115. The highest BCUT2D eigenvalue weighted by Gasteiger charge is 2.30. The van der Waals surface area contributed by atoms with Crippen LogP contribution >= 0.6 is 11.8 Å². The molecule has 0 aliphatic heterocycles. The summed E-state index contributed by atoms with van der Waals surface area (Å²) in [6.07, 6.45) is 3.77. The first kappa shape index (κ1) is 17.9. The quantitative estimate of drug-likeness (QED) is 0.861. The van der Waals surface area contributed by atoms with E-state index in [4.69, 9.17) is 0 Å². The van der Waals surface area contributed by atoms with Crippen LogP contribution in [0, 0.1) is 0 Å². The maximum atomic E-state index is 12.7. The number of benzene rings is 1. The lowest BCUT2D eigenvalue weighted by atomic mass is 10.1. The van der Waals surface area contributed by atoms with Crippen LogP contribution in [0.4, 0.5) is 5.69 Å². The van der Waals surface area contributed by atoms with Crippen molar-refractivity contribution >= 4 is 29.3 Å². The molecule has 1 aromatic carbocycles. The number of amides is 2. The van der Waals surface area contributed by atoms with E-state index in [2.05, 4.69) is 12.2 Å². The van der Waals surface area contributed by atoms with Gasteiger partial charge in [-0.1, -0.05) is 19.9 Å². The van der Waals surface area contributed by atoms with E-state index in [-0.39, 0.29) is 11.8 Å². The summed E-state index contributed by atoms with van der Waals surface area (Å²) in [7, 11) is 1.89. The van der Waals surface area contributed by atoms with Crippen LogP contribution in [0.1, 0.15) is 49.9 Å². The number of nitrogens with zero attached hydrogens (tertiary/aromatic N) is 1. The van der Waals surface area contributed by atoms with Gasteiger partial charge in [-0.05, 0) is 43.2 Å². The van der Waals surface area contributed by atoms with Gasteiger partial charge in [-0.3, -0.25) is 9.59 Å². The highest BCUT2D eigenvalue weighted by Crippen LogP contribution is 2.32. The number of nitrogens with one attached hydrogen (secondary N) is 1. The molecule has 1 aliphatic carbocycles. The van der Waals surface area contributed by atoms with Crippen LogP contribution in [0.3, 0.4) is 0 Å². The Morgan fingerprint density at radius 1 is 1.30 bits per heavy atom. The molecule has 0 bridgehead atoms. The van der Waals surface area contributed by atoms with Crippen molar-refractivity contribution in [3.8, 4) is 0 Å². The number of thioether (sulfide) groups is 1. The van der Waals surface area contributed by atoms with E-state index < -0.39 is 0 Å². The third kappa shape index (κ3) is 4.74. The number of carbonyl (C=O) groups is 2. The van der Waals surface area contributed by atoms with Crippen LogP contribution in [0.5, 0.6) is 0 Å². The lowest BCUT2D eigenvalue weighted by Crippen LogP contribution is -2.35. The monoisotopic (exact) mass is 334 g/mol. The molecule has 23 heavy (non-hydrogen) atoms. The third-order valence-electron chi connectivity index (χ3n) is 4.34. The minimum atomic E-state index is -0.0434. The maximum Gasteiger partial charge on any atom is 0.253 e. The van der Waals surface area contributed by atoms with E-state index in [0.717, 1.165) is 18.6 Å². The van der Waals surface area contributed by atoms with Crippen LogP contribution in [-0.4, -0.2) is 40.8 Å². The first-order valence-electron chi connectivity index (χ1n) is 8.33. The van der Waals surface area contributed by atoms with E-state index in [9.17, 15) is 9.59 Å². The molecule has 0 unspecified atom stereocenters. The molecule has 0 spiro atoms. The van der Waals surface area contributed by atoms with Crippen molar-refractivity contribution in [3.05, 3.63) is 29.8 Å². The van der Waals surface area contributed by atoms with Crippen molar-refractivity contribution in [2.75, 3.05) is 18.1 Å². The molecular weight excluding hydrogens is 308 g/mol. The molecule has 1 fully saturated rings. The Morgan fingerprint density at radius 2 is 2.09 bits per heavy atom. The molecule has 4 nitrogen and oxygen atoms in total. The second-order valence-corrected chi connectivity index (χ2v) is 7.52. The van der Waals surface area contributed by atoms with Gasteiger partial charge in [-0.25, -0.2) is 0 Å². The Bertz CT molecular complexity index is 562. The van der Waals surface area contributed by atoms with Gasteiger partial charge < -0.3 is 10.2 Å². The van der Waals surface area contributed by atoms with Gasteiger partial charge in [0.25, 0.3) is 5.91 Å². The highest BCUT2D eigenvalue weighted by molar-refractivity contribution is 7.99. The summed E-state index contributed by atoms with van der Waals surface area (Å²) in [5, 5.41) is 3.48. The van der Waals surface area contributed by atoms with Gasteiger partial charge >= 0.3 is 0 Å². The summed E-state index contributed by atoms with van der Waals surface area (Å²) in [5.41, 5.74) is 1.31. The predicted molar refractivity (Wildman–Crippen MR) is 97.0 cm³/mol. The Hall–Kier alpha value is -1.49. The molecule has 2 amide bonds. The summed E-state index contributed by atoms with van der Waals surface area (Å²) < 4.78 is 0. The minimum absolute atomic E-state index is 0.0322. The molecule has 1 N–H and O–H groups in total. The zero-order chi connectivity index (χ0) is 16.8. The average Bonchev–Trinajstić information content (AvgIpc) is 3.02. The summed E-state index contributed by atoms with van der Waals surface area (Å²) >= 11 is 1.99. The molecule has 5 heteroatoms. The first-order chi connectivity index (χ1) is 11.0. The summed E-state index contributed by atoms with van der Waals surface area (Å²) in [5.74, 6) is 1.12. The molecule has 1 aliphatic rings. The SMILES string of the molecule is CCS[C@@H]1CC[C@@H](N(C)C(=O)c2cccc(NC(=O)CC)c2)C1. The van der Waals surface area contributed by atoms with Crippen molar-refractivity contribution < 1.29 is 9.59 Å². The zero-order valence-corrected chi connectivity index (χ0v) is 15.0. The van der Waals surface area contributed by atoms with Crippen LogP contribution in [0.2, 0.25) is 0 Å². The van der Waals surface area contributed by atoms with E-state index in [1.54, 1.807) is 6.07 Å². The topological polar surface area (TPSA) is 49.4 Å². The van der Waals surface area contributed by atoms with Crippen molar-refractivity contribution in [2.45, 2.75) is 50.8 Å². The van der Waals surface area contributed by atoms with Crippen molar-refractivity contribution in [1.29, 1.82) is 0 Å². The molecular formula is C18H26N2O2S. The predicted octanol–water partition coefficient (Wildman–Crippen LogP) is 3.78. The molecule has 126 valence electrons. The third-order valence-corrected chi connectivity index (χ3v) is 5.57. The molecule has 0 heterocycles. The van der Waals surface area contributed by atoms with Crippen LogP contribution in [-0.2, 0) is 4.79 Å². The second-order valence-electron chi connectivity index (χ2n) is 5.94. The van der Waals surface area contributed by atoms with Gasteiger partial charge in [0.2, 0.25) is 5.91 Å². The number of rotatable bonds is 6. The fourth-order valence-corrected chi connectivity index (χ4v) is 4.14. The minimum Gasteiger partial charge on any atom is -0.339 e. The van der Waals surface area contributed by atoms with E-state index in [0.29, 0.717) is 29.0 Å². The molecule has 0 aromatic heterocycles. The summed E-state index contributed by atoms with van der Waals surface area (Å²) in [4.78, 5) is 26.1. The second kappa shape index (κ2) is 8.39. The molecule has 0 radical (unpaired) electrons. The number of anilines is 1. The summed E-state index contributed by atoms with van der Waals surface area (Å²) in [6, 6.07) is 7.53. The van der Waals surface area contributed by atoms with Gasteiger partial charge in [-0.15, -0.1) is 0 Å². The van der Waals surface area contributed by atoms with E-state index in [1.807, 2.05) is 48.8 Å². The average molecular weight is 334 g/mol. The number of hydrogen-bond donors (Lipinski definition) is 1. The standard InChI is InChI=1S/C18H26N2O2S/c1-4-17(21)19-14-8-6-7-13(11-14)18(22)20(3)15-9-10-16(12-15)23-5-2/h6-8,11,15-16H,4-5,9-10,12H2,1-3H3,(H,19,21)/t15-,16-/m1/s1. The lowest BCUT2D eigenvalue weighted by Gasteiger charge is -2.25. The molecule has 0 saturated heterocycles. The normalized spacial score (nSPS) is 20.3. The van der Waals surface area contributed by atoms with E-state index >= 15 is 0 Å².